The van der Waals surface area contributed by atoms with E-state index in [-0.39, 0.29) is 47.9 Å². The third kappa shape index (κ3) is 4.90. The predicted octanol–water partition coefficient (Wildman–Crippen LogP) is 2.11. The Morgan fingerprint density at radius 1 is 1.13 bits per heavy atom. The molecule has 1 amide bonds. The number of rotatable bonds is 5. The number of alkyl halides is 3. The highest BCUT2D eigenvalue weighted by molar-refractivity contribution is 7.99. The molecule has 8 nitrogen and oxygen atoms in total. The zero-order valence-electron chi connectivity index (χ0n) is 15.6. The normalized spacial score (nSPS) is 16.1. The Morgan fingerprint density at radius 2 is 1.73 bits per heavy atom. The maximum Gasteiger partial charge on any atom is 0.451 e. The van der Waals surface area contributed by atoms with Gasteiger partial charge in [0, 0.05) is 38.2 Å². The lowest BCUT2D eigenvalue weighted by atomic mass is 10.3. The number of thioether (sulfide) groups is 1. The molecule has 0 N–H and O–H groups in total. The lowest BCUT2D eigenvalue weighted by Gasteiger charge is -2.34. The van der Waals surface area contributed by atoms with E-state index >= 15 is 0 Å². The molecule has 1 fully saturated rings. The van der Waals surface area contributed by atoms with E-state index in [1.54, 1.807) is 0 Å². The molecule has 0 spiro atoms. The van der Waals surface area contributed by atoms with Crippen molar-refractivity contribution in [2.75, 3.05) is 31.9 Å². The molecule has 1 aliphatic rings. The van der Waals surface area contributed by atoms with E-state index < -0.39 is 22.0 Å². The second-order valence-corrected chi connectivity index (χ2v) is 9.71. The molecule has 0 aliphatic carbocycles. The van der Waals surface area contributed by atoms with Crippen molar-refractivity contribution in [2.45, 2.75) is 16.2 Å². The van der Waals surface area contributed by atoms with Crippen molar-refractivity contribution >= 4 is 39.3 Å². The summed E-state index contributed by atoms with van der Waals surface area (Å²) < 4.78 is 65.7. The summed E-state index contributed by atoms with van der Waals surface area (Å²) in [7, 11) is -2.52. The van der Waals surface area contributed by atoms with Crippen LogP contribution in [0.3, 0.4) is 0 Å². The van der Waals surface area contributed by atoms with Crippen molar-refractivity contribution < 1.29 is 26.4 Å². The molecule has 14 heteroatoms. The lowest BCUT2D eigenvalue weighted by Crippen LogP contribution is -2.50. The number of hydrogen-bond donors (Lipinski definition) is 0. The van der Waals surface area contributed by atoms with E-state index in [4.69, 9.17) is 11.6 Å². The minimum atomic E-state index is -4.63. The highest BCUT2D eigenvalue weighted by Crippen LogP contribution is 2.29. The SMILES string of the molecule is Cn1c(SCC(=O)N2CCN(S(=O)(=O)c3ccc(Cl)cc3)CC2)nnc1C(F)(F)F. The number of hydrogen-bond acceptors (Lipinski definition) is 6. The zero-order valence-corrected chi connectivity index (χ0v) is 18.0. The highest BCUT2D eigenvalue weighted by atomic mass is 35.5. The molecule has 0 atom stereocenters. The quantitative estimate of drug-likeness (QED) is 0.605. The van der Waals surface area contributed by atoms with E-state index in [9.17, 15) is 26.4 Å². The summed E-state index contributed by atoms with van der Waals surface area (Å²) in [5.41, 5.74) is 0. The van der Waals surface area contributed by atoms with Gasteiger partial charge in [0.1, 0.15) is 0 Å². The molecule has 0 radical (unpaired) electrons. The molecule has 1 aromatic carbocycles. The van der Waals surface area contributed by atoms with Gasteiger partial charge >= 0.3 is 6.18 Å². The van der Waals surface area contributed by atoms with Gasteiger partial charge in [-0.25, -0.2) is 8.42 Å². The Labute approximate surface area is 180 Å². The molecule has 0 bridgehead atoms. The highest BCUT2D eigenvalue weighted by Gasteiger charge is 2.37. The zero-order chi connectivity index (χ0) is 22.1. The predicted molar refractivity (Wildman–Crippen MR) is 104 cm³/mol. The first kappa shape index (κ1) is 22.8. The van der Waals surface area contributed by atoms with Gasteiger partial charge in [-0.1, -0.05) is 23.4 Å². The Kier molecular flexibility index (Phi) is 6.65. The van der Waals surface area contributed by atoms with E-state index in [1.165, 1.54) is 40.5 Å². The van der Waals surface area contributed by atoms with Gasteiger partial charge in [-0.2, -0.15) is 17.5 Å². The van der Waals surface area contributed by atoms with E-state index in [0.717, 1.165) is 16.3 Å². The van der Waals surface area contributed by atoms with Crippen LogP contribution in [0.2, 0.25) is 5.02 Å². The van der Waals surface area contributed by atoms with E-state index in [0.29, 0.717) is 5.02 Å². The summed E-state index contributed by atoms with van der Waals surface area (Å²) in [5.74, 6) is -1.59. The Morgan fingerprint density at radius 3 is 2.27 bits per heavy atom. The van der Waals surface area contributed by atoms with Gasteiger partial charge in [-0.15, -0.1) is 10.2 Å². The molecular formula is C16H17ClF3N5O3S2. The van der Waals surface area contributed by atoms with E-state index in [2.05, 4.69) is 10.2 Å². The van der Waals surface area contributed by atoms with Crippen LogP contribution in [0.1, 0.15) is 5.82 Å². The van der Waals surface area contributed by atoms with Crippen molar-refractivity contribution in [3.8, 4) is 0 Å². The monoisotopic (exact) mass is 483 g/mol. The van der Waals surface area contributed by atoms with Crippen LogP contribution in [-0.2, 0) is 28.0 Å². The molecule has 164 valence electrons. The van der Waals surface area contributed by atoms with Crippen molar-refractivity contribution in [1.82, 2.24) is 24.0 Å². The van der Waals surface area contributed by atoms with Crippen LogP contribution < -0.4 is 0 Å². The number of aromatic nitrogens is 3. The van der Waals surface area contributed by atoms with Gasteiger partial charge in [-0.05, 0) is 24.3 Å². The molecule has 2 aromatic rings. The van der Waals surface area contributed by atoms with Crippen molar-refractivity contribution in [2.24, 2.45) is 7.05 Å². The maximum atomic E-state index is 12.8. The maximum absolute atomic E-state index is 12.8. The van der Waals surface area contributed by atoms with Gasteiger partial charge in [-0.3, -0.25) is 4.79 Å². The van der Waals surface area contributed by atoms with Crippen LogP contribution in [0.15, 0.2) is 34.3 Å². The van der Waals surface area contributed by atoms with Crippen LogP contribution in [0.4, 0.5) is 13.2 Å². The van der Waals surface area contributed by atoms with Crippen LogP contribution in [-0.4, -0.2) is 70.2 Å². The number of nitrogens with zero attached hydrogens (tertiary/aromatic N) is 5. The molecular weight excluding hydrogens is 467 g/mol. The molecule has 0 saturated carbocycles. The smallest absolute Gasteiger partial charge is 0.339 e. The van der Waals surface area contributed by atoms with Gasteiger partial charge < -0.3 is 9.47 Å². The second kappa shape index (κ2) is 8.73. The number of carbonyl (C=O) groups excluding carboxylic acids is 1. The van der Waals surface area contributed by atoms with Gasteiger partial charge in [0.2, 0.25) is 21.8 Å². The molecule has 2 heterocycles. The van der Waals surface area contributed by atoms with E-state index in [1.807, 2.05) is 0 Å². The first-order valence-corrected chi connectivity index (χ1v) is 11.4. The molecule has 1 aliphatic heterocycles. The standard InChI is InChI=1S/C16H17ClF3N5O3S2/c1-23-14(16(18,19)20)21-22-15(23)29-10-13(26)24-6-8-25(9-7-24)30(27,28)12-4-2-11(17)3-5-12/h2-5H,6-10H2,1H3. The Bertz CT molecular complexity index is 1020. The number of piperazine rings is 1. The number of amides is 1. The first-order valence-electron chi connectivity index (χ1n) is 8.63. The summed E-state index contributed by atoms with van der Waals surface area (Å²) in [4.78, 5) is 14.0. The van der Waals surface area contributed by atoms with Crippen LogP contribution in [0.25, 0.3) is 0 Å². The summed E-state index contributed by atoms with van der Waals surface area (Å²) >= 11 is 6.63. The molecule has 3 rings (SSSR count). The van der Waals surface area contributed by atoms with Crippen LogP contribution >= 0.6 is 23.4 Å². The molecule has 1 saturated heterocycles. The Balaban J connectivity index is 1.56. The minimum absolute atomic E-state index is 0.0281. The third-order valence-electron chi connectivity index (χ3n) is 4.46. The van der Waals surface area contributed by atoms with Gasteiger partial charge in [0.25, 0.3) is 0 Å². The number of halogens is 4. The lowest BCUT2D eigenvalue weighted by molar-refractivity contribution is -0.147. The average Bonchev–Trinajstić information content (AvgIpc) is 3.07. The second-order valence-electron chi connectivity index (χ2n) is 6.39. The van der Waals surface area contributed by atoms with Crippen molar-refractivity contribution in [3.63, 3.8) is 0 Å². The number of benzene rings is 1. The van der Waals surface area contributed by atoms with Crippen LogP contribution in [0, 0.1) is 0 Å². The third-order valence-corrected chi connectivity index (χ3v) is 7.63. The molecule has 0 unspecified atom stereocenters. The first-order chi connectivity index (χ1) is 14.0. The molecule has 1 aromatic heterocycles. The summed E-state index contributed by atoms with van der Waals surface area (Å²) in [6.45, 7) is 0.588. The fourth-order valence-corrected chi connectivity index (χ4v) is 5.20. The summed E-state index contributed by atoms with van der Waals surface area (Å²) in [6, 6.07) is 5.81. The van der Waals surface area contributed by atoms with Crippen LogP contribution in [0.5, 0.6) is 0 Å². The fraction of sp³-hybridized carbons (Fsp3) is 0.438. The number of sulfonamides is 1. The minimum Gasteiger partial charge on any atom is -0.339 e. The van der Waals surface area contributed by atoms with Crippen molar-refractivity contribution in [3.05, 3.63) is 35.1 Å². The Hall–Kier alpha value is -1.83. The number of carbonyl (C=O) groups is 1. The topological polar surface area (TPSA) is 88.4 Å². The van der Waals surface area contributed by atoms with Gasteiger partial charge in [0.05, 0.1) is 10.6 Å². The fourth-order valence-electron chi connectivity index (χ4n) is 2.84. The average molecular weight is 484 g/mol. The molecule has 30 heavy (non-hydrogen) atoms. The summed E-state index contributed by atoms with van der Waals surface area (Å²) in [5, 5.41) is 6.98. The summed E-state index contributed by atoms with van der Waals surface area (Å²) in [6.07, 6.45) is -4.63. The largest absolute Gasteiger partial charge is 0.451 e. The van der Waals surface area contributed by atoms with Gasteiger partial charge in [0.15, 0.2) is 5.16 Å². The van der Waals surface area contributed by atoms with Crippen molar-refractivity contribution in [1.29, 1.82) is 0 Å².